The number of hydrogen-bond donors (Lipinski definition) is 1. The smallest absolute Gasteiger partial charge is 0.183 e. The van der Waals surface area contributed by atoms with E-state index in [-0.39, 0.29) is 19.0 Å². The van der Waals surface area contributed by atoms with Crippen LogP contribution in [0.15, 0.2) is 0 Å². The van der Waals surface area contributed by atoms with Crippen LogP contribution in [0, 0.1) is 0 Å². The van der Waals surface area contributed by atoms with Crippen LogP contribution in [0.4, 0.5) is 0 Å². The SMILES string of the molecule is CCCOCC(=O)COCCN. The average molecular weight is 175 g/mol. The lowest BCUT2D eigenvalue weighted by atomic mass is 10.4. The standard InChI is InChI=1S/C8H17NO3/c1-2-4-11-6-8(10)7-12-5-3-9/h2-7,9H2,1H3. The molecule has 0 atom stereocenters. The summed E-state index contributed by atoms with van der Waals surface area (Å²) in [7, 11) is 0. The van der Waals surface area contributed by atoms with Crippen molar-refractivity contribution in [2.45, 2.75) is 13.3 Å². The van der Waals surface area contributed by atoms with E-state index in [9.17, 15) is 4.79 Å². The minimum atomic E-state index is -0.0306. The molecule has 72 valence electrons. The summed E-state index contributed by atoms with van der Waals surface area (Å²) in [5.74, 6) is -0.0306. The van der Waals surface area contributed by atoms with E-state index in [1.807, 2.05) is 6.92 Å². The molecule has 0 unspecified atom stereocenters. The normalized spacial score (nSPS) is 10.2. The van der Waals surface area contributed by atoms with E-state index < -0.39 is 0 Å². The quantitative estimate of drug-likeness (QED) is 0.526. The minimum absolute atomic E-state index is 0.0306. The van der Waals surface area contributed by atoms with Gasteiger partial charge in [0.05, 0.1) is 6.61 Å². The summed E-state index contributed by atoms with van der Waals surface area (Å²) in [6.07, 6.45) is 0.928. The van der Waals surface area contributed by atoms with Crippen LogP contribution in [0.1, 0.15) is 13.3 Å². The summed E-state index contributed by atoms with van der Waals surface area (Å²) in [5, 5.41) is 0. The predicted molar refractivity (Wildman–Crippen MR) is 46.0 cm³/mol. The highest BCUT2D eigenvalue weighted by molar-refractivity contribution is 5.80. The van der Waals surface area contributed by atoms with Gasteiger partial charge < -0.3 is 15.2 Å². The van der Waals surface area contributed by atoms with Crippen molar-refractivity contribution in [3.63, 3.8) is 0 Å². The molecule has 0 spiro atoms. The van der Waals surface area contributed by atoms with Crippen LogP contribution in [0.5, 0.6) is 0 Å². The van der Waals surface area contributed by atoms with Gasteiger partial charge in [-0.1, -0.05) is 6.92 Å². The molecule has 0 radical (unpaired) electrons. The second-order valence-electron chi connectivity index (χ2n) is 2.43. The Hall–Kier alpha value is -0.450. The third-order valence-electron chi connectivity index (χ3n) is 1.14. The van der Waals surface area contributed by atoms with Gasteiger partial charge in [0.25, 0.3) is 0 Å². The number of nitrogens with two attached hydrogens (primary N) is 1. The second kappa shape index (κ2) is 8.64. The molecule has 0 aliphatic rings. The average Bonchev–Trinajstić information content (AvgIpc) is 2.06. The van der Waals surface area contributed by atoms with Crippen molar-refractivity contribution >= 4 is 5.78 Å². The van der Waals surface area contributed by atoms with Crippen molar-refractivity contribution in [1.29, 1.82) is 0 Å². The van der Waals surface area contributed by atoms with Gasteiger partial charge in [0.1, 0.15) is 13.2 Å². The van der Waals surface area contributed by atoms with Crippen LogP contribution in [0.3, 0.4) is 0 Å². The molecular formula is C8H17NO3. The molecule has 0 fully saturated rings. The molecule has 0 saturated heterocycles. The maximum Gasteiger partial charge on any atom is 0.183 e. The van der Waals surface area contributed by atoms with Crippen LogP contribution in [0.2, 0.25) is 0 Å². The number of carbonyl (C=O) groups excluding carboxylic acids is 1. The third-order valence-corrected chi connectivity index (χ3v) is 1.14. The van der Waals surface area contributed by atoms with E-state index in [1.165, 1.54) is 0 Å². The van der Waals surface area contributed by atoms with Crippen molar-refractivity contribution in [3.8, 4) is 0 Å². The number of Topliss-reactive ketones (excluding diaryl/α,β-unsaturated/α-hetero) is 1. The van der Waals surface area contributed by atoms with E-state index in [4.69, 9.17) is 15.2 Å². The molecule has 0 saturated carbocycles. The summed E-state index contributed by atoms with van der Waals surface area (Å²) in [4.78, 5) is 10.9. The maximum absolute atomic E-state index is 10.9. The van der Waals surface area contributed by atoms with Gasteiger partial charge in [-0.2, -0.15) is 0 Å². The summed E-state index contributed by atoms with van der Waals surface area (Å²) < 4.78 is 9.94. The highest BCUT2D eigenvalue weighted by Crippen LogP contribution is 1.83. The second-order valence-corrected chi connectivity index (χ2v) is 2.43. The molecule has 0 amide bonds. The van der Waals surface area contributed by atoms with Crippen molar-refractivity contribution < 1.29 is 14.3 Å². The Morgan fingerprint density at radius 2 is 1.83 bits per heavy atom. The van der Waals surface area contributed by atoms with Gasteiger partial charge in [-0.05, 0) is 6.42 Å². The van der Waals surface area contributed by atoms with Crippen molar-refractivity contribution in [2.24, 2.45) is 5.73 Å². The summed E-state index contributed by atoms with van der Waals surface area (Å²) >= 11 is 0. The Bertz CT molecular complexity index is 105. The van der Waals surface area contributed by atoms with Gasteiger partial charge >= 0.3 is 0 Å². The Balaban J connectivity index is 3.10. The number of hydrogen-bond acceptors (Lipinski definition) is 4. The van der Waals surface area contributed by atoms with E-state index >= 15 is 0 Å². The summed E-state index contributed by atoms with van der Waals surface area (Å²) in [5.41, 5.74) is 5.17. The Morgan fingerprint density at radius 1 is 1.25 bits per heavy atom. The molecule has 0 rings (SSSR count). The number of ketones is 1. The van der Waals surface area contributed by atoms with Crippen LogP contribution < -0.4 is 5.73 Å². The molecule has 0 bridgehead atoms. The highest BCUT2D eigenvalue weighted by atomic mass is 16.5. The topological polar surface area (TPSA) is 61.5 Å². The fourth-order valence-corrected chi connectivity index (χ4v) is 0.641. The first-order valence-electron chi connectivity index (χ1n) is 4.18. The molecule has 2 N–H and O–H groups in total. The third kappa shape index (κ3) is 7.65. The largest absolute Gasteiger partial charge is 0.374 e. The first-order chi connectivity index (χ1) is 5.81. The van der Waals surface area contributed by atoms with Gasteiger partial charge in [0.2, 0.25) is 0 Å². The van der Waals surface area contributed by atoms with Gasteiger partial charge in [-0.3, -0.25) is 4.79 Å². The molecule has 0 aliphatic carbocycles. The van der Waals surface area contributed by atoms with Gasteiger partial charge in [0, 0.05) is 13.2 Å². The fourth-order valence-electron chi connectivity index (χ4n) is 0.641. The van der Waals surface area contributed by atoms with Crippen LogP contribution >= 0.6 is 0 Å². The van der Waals surface area contributed by atoms with Gasteiger partial charge in [-0.25, -0.2) is 0 Å². The van der Waals surface area contributed by atoms with E-state index in [1.54, 1.807) is 0 Å². The van der Waals surface area contributed by atoms with E-state index in [0.717, 1.165) is 6.42 Å². The fraction of sp³-hybridized carbons (Fsp3) is 0.875. The zero-order chi connectivity index (χ0) is 9.23. The Morgan fingerprint density at radius 3 is 2.33 bits per heavy atom. The van der Waals surface area contributed by atoms with Crippen molar-refractivity contribution in [1.82, 2.24) is 0 Å². The first kappa shape index (κ1) is 11.6. The lowest BCUT2D eigenvalue weighted by Crippen LogP contribution is -2.18. The monoisotopic (exact) mass is 175 g/mol. The van der Waals surface area contributed by atoms with Crippen LogP contribution in [-0.4, -0.2) is 38.8 Å². The number of ether oxygens (including phenoxy) is 2. The van der Waals surface area contributed by atoms with E-state index in [2.05, 4.69) is 0 Å². The summed E-state index contributed by atoms with van der Waals surface area (Å²) in [6.45, 7) is 3.76. The molecule has 0 aromatic rings. The van der Waals surface area contributed by atoms with E-state index in [0.29, 0.717) is 19.8 Å². The highest BCUT2D eigenvalue weighted by Gasteiger charge is 2.00. The zero-order valence-corrected chi connectivity index (χ0v) is 7.54. The molecular weight excluding hydrogens is 158 g/mol. The van der Waals surface area contributed by atoms with Gasteiger partial charge in [0.15, 0.2) is 5.78 Å². The number of carbonyl (C=O) groups is 1. The Kier molecular flexibility index (Phi) is 8.32. The summed E-state index contributed by atoms with van der Waals surface area (Å²) in [6, 6.07) is 0. The van der Waals surface area contributed by atoms with Gasteiger partial charge in [-0.15, -0.1) is 0 Å². The Labute approximate surface area is 73.0 Å². The minimum Gasteiger partial charge on any atom is -0.374 e. The molecule has 0 aliphatic heterocycles. The molecule has 4 nitrogen and oxygen atoms in total. The lowest BCUT2D eigenvalue weighted by molar-refractivity contribution is -0.128. The zero-order valence-electron chi connectivity index (χ0n) is 7.54. The lowest BCUT2D eigenvalue weighted by Gasteiger charge is -2.02. The molecule has 0 aromatic heterocycles. The van der Waals surface area contributed by atoms with Crippen LogP contribution in [0.25, 0.3) is 0 Å². The molecule has 12 heavy (non-hydrogen) atoms. The molecule has 0 heterocycles. The number of rotatable bonds is 8. The maximum atomic E-state index is 10.9. The first-order valence-corrected chi connectivity index (χ1v) is 4.18. The van der Waals surface area contributed by atoms with Crippen LogP contribution in [-0.2, 0) is 14.3 Å². The van der Waals surface area contributed by atoms with Crippen molar-refractivity contribution in [2.75, 3.05) is 33.0 Å². The molecule has 4 heteroatoms. The molecule has 0 aromatic carbocycles. The van der Waals surface area contributed by atoms with Crippen molar-refractivity contribution in [3.05, 3.63) is 0 Å². The predicted octanol–water partition coefficient (Wildman–Crippen LogP) is -0.0426.